The van der Waals surface area contributed by atoms with E-state index in [1.807, 2.05) is 24.8 Å². The first-order chi connectivity index (χ1) is 10.5. The Morgan fingerprint density at radius 3 is 2.77 bits per heavy atom. The minimum Gasteiger partial charge on any atom is -0.341 e. The van der Waals surface area contributed by atoms with Gasteiger partial charge in [0.25, 0.3) is 0 Å². The van der Waals surface area contributed by atoms with E-state index in [9.17, 15) is 4.79 Å². The maximum atomic E-state index is 12.8. The summed E-state index contributed by atoms with van der Waals surface area (Å²) in [7, 11) is 0. The van der Waals surface area contributed by atoms with E-state index < -0.39 is 5.41 Å². The molecule has 0 radical (unpaired) electrons. The van der Waals surface area contributed by atoms with Gasteiger partial charge in [-0.3, -0.25) is 4.79 Å². The second-order valence-electron chi connectivity index (χ2n) is 6.56. The molecule has 0 fully saturated rings. The molecule has 1 aliphatic rings. The molecule has 1 aliphatic heterocycles. The Kier molecular flexibility index (Phi) is 3.68. The van der Waals surface area contributed by atoms with Gasteiger partial charge in [0.2, 0.25) is 5.91 Å². The zero-order valence-corrected chi connectivity index (χ0v) is 13.6. The van der Waals surface area contributed by atoms with Gasteiger partial charge in [-0.25, -0.2) is 4.98 Å². The molecule has 1 amide bonds. The topological polar surface area (TPSA) is 75.0 Å². The number of hydrogen-bond acceptors (Lipinski definition) is 3. The number of nitrogens with zero attached hydrogens (tertiary/aromatic N) is 2. The van der Waals surface area contributed by atoms with Gasteiger partial charge in [-0.15, -0.1) is 0 Å². The van der Waals surface area contributed by atoms with Gasteiger partial charge < -0.3 is 15.6 Å². The Labute approximate surface area is 130 Å². The predicted molar refractivity (Wildman–Crippen MR) is 88.9 cm³/mol. The highest BCUT2D eigenvalue weighted by atomic mass is 16.2. The van der Waals surface area contributed by atoms with E-state index in [1.165, 1.54) is 0 Å². The van der Waals surface area contributed by atoms with E-state index >= 15 is 0 Å². The molecule has 0 aliphatic carbocycles. The molecule has 5 nitrogen and oxygen atoms in total. The number of benzene rings is 1. The third-order valence-corrected chi connectivity index (χ3v) is 4.57. The van der Waals surface area contributed by atoms with Crippen LogP contribution in [0.4, 0.5) is 5.69 Å². The first kappa shape index (κ1) is 15.0. The van der Waals surface area contributed by atoms with E-state index in [0.29, 0.717) is 6.54 Å². The number of imidazole rings is 1. The zero-order chi connectivity index (χ0) is 15.9. The molecule has 2 aromatic rings. The van der Waals surface area contributed by atoms with Crippen molar-refractivity contribution in [1.82, 2.24) is 9.97 Å². The van der Waals surface area contributed by atoms with Crippen molar-refractivity contribution in [3.63, 3.8) is 0 Å². The standard InChI is InChI=1S/C17H24N4O/c1-4-5-6-7-21-14-9-13-12(19-15(10-18)20-13)8-11(14)17(2,3)16(21)22/h8-9H,4-7,10,18H2,1-3H3,(H,19,20). The van der Waals surface area contributed by atoms with E-state index in [4.69, 9.17) is 5.73 Å². The van der Waals surface area contributed by atoms with Crippen molar-refractivity contribution in [3.8, 4) is 0 Å². The van der Waals surface area contributed by atoms with Crippen LogP contribution in [-0.2, 0) is 16.8 Å². The molecule has 0 bridgehead atoms. The van der Waals surface area contributed by atoms with Crippen LogP contribution in [-0.4, -0.2) is 22.4 Å². The molecule has 5 heteroatoms. The van der Waals surface area contributed by atoms with Crippen molar-refractivity contribution in [2.75, 3.05) is 11.4 Å². The van der Waals surface area contributed by atoms with Gasteiger partial charge in [-0.2, -0.15) is 0 Å². The summed E-state index contributed by atoms with van der Waals surface area (Å²) in [6, 6.07) is 4.09. The van der Waals surface area contributed by atoms with Crippen molar-refractivity contribution in [2.45, 2.75) is 52.0 Å². The summed E-state index contributed by atoms with van der Waals surface area (Å²) >= 11 is 0. The largest absolute Gasteiger partial charge is 0.341 e. The first-order valence-corrected chi connectivity index (χ1v) is 8.04. The average molecular weight is 300 g/mol. The van der Waals surface area contributed by atoms with Crippen molar-refractivity contribution < 1.29 is 4.79 Å². The molecule has 0 spiro atoms. The fraction of sp³-hybridized carbons (Fsp3) is 0.529. The highest BCUT2D eigenvalue weighted by Crippen LogP contribution is 2.43. The second kappa shape index (κ2) is 5.39. The van der Waals surface area contributed by atoms with Gasteiger partial charge in [0.1, 0.15) is 5.82 Å². The summed E-state index contributed by atoms with van der Waals surface area (Å²) in [4.78, 5) is 22.4. The van der Waals surface area contributed by atoms with Crippen molar-refractivity contribution in [2.24, 2.45) is 5.73 Å². The molecular formula is C17H24N4O. The molecule has 3 N–H and O–H groups in total. The minimum atomic E-state index is -0.482. The lowest BCUT2D eigenvalue weighted by Crippen LogP contribution is -2.36. The number of carbonyl (C=O) groups excluding carboxylic acids is 1. The summed E-state index contributed by atoms with van der Waals surface area (Å²) in [5.74, 6) is 0.964. The number of aromatic nitrogens is 2. The molecular weight excluding hydrogens is 276 g/mol. The fourth-order valence-corrected chi connectivity index (χ4v) is 3.22. The van der Waals surface area contributed by atoms with Crippen LogP contribution in [0.5, 0.6) is 0 Å². The number of carbonyl (C=O) groups is 1. The maximum Gasteiger partial charge on any atom is 0.237 e. The second-order valence-corrected chi connectivity index (χ2v) is 6.56. The predicted octanol–water partition coefficient (Wildman–Crippen LogP) is 2.84. The summed E-state index contributed by atoms with van der Waals surface area (Å²) in [6.45, 7) is 7.34. The Morgan fingerprint density at radius 1 is 1.32 bits per heavy atom. The molecule has 3 rings (SSSR count). The number of unbranched alkanes of at least 4 members (excludes halogenated alkanes) is 2. The van der Waals surface area contributed by atoms with Crippen LogP contribution in [0, 0.1) is 0 Å². The van der Waals surface area contributed by atoms with Gasteiger partial charge in [0.15, 0.2) is 0 Å². The molecule has 1 aromatic heterocycles. The molecule has 0 saturated heterocycles. The van der Waals surface area contributed by atoms with Crippen LogP contribution in [0.25, 0.3) is 11.0 Å². The summed E-state index contributed by atoms with van der Waals surface area (Å²) < 4.78 is 0. The molecule has 0 saturated carbocycles. The van der Waals surface area contributed by atoms with E-state index in [2.05, 4.69) is 23.0 Å². The molecule has 2 heterocycles. The number of rotatable bonds is 5. The monoisotopic (exact) mass is 300 g/mol. The van der Waals surface area contributed by atoms with Gasteiger partial charge >= 0.3 is 0 Å². The quantitative estimate of drug-likeness (QED) is 0.834. The van der Waals surface area contributed by atoms with Crippen molar-refractivity contribution in [3.05, 3.63) is 23.5 Å². The zero-order valence-electron chi connectivity index (χ0n) is 13.6. The lowest BCUT2D eigenvalue weighted by molar-refractivity contribution is -0.122. The summed E-state index contributed by atoms with van der Waals surface area (Å²) in [6.07, 6.45) is 3.32. The number of anilines is 1. The van der Waals surface area contributed by atoms with Crippen molar-refractivity contribution >= 4 is 22.6 Å². The van der Waals surface area contributed by atoms with E-state index in [1.54, 1.807) is 0 Å². The number of aromatic amines is 1. The highest BCUT2D eigenvalue weighted by Gasteiger charge is 2.43. The van der Waals surface area contributed by atoms with Crippen LogP contribution in [0.1, 0.15) is 51.4 Å². The first-order valence-electron chi connectivity index (χ1n) is 8.04. The molecule has 118 valence electrons. The van der Waals surface area contributed by atoms with Gasteiger partial charge in [-0.1, -0.05) is 19.8 Å². The number of nitrogens with one attached hydrogen (secondary N) is 1. The third-order valence-electron chi connectivity index (χ3n) is 4.57. The third kappa shape index (κ3) is 2.20. The Hall–Kier alpha value is -1.88. The smallest absolute Gasteiger partial charge is 0.237 e. The van der Waals surface area contributed by atoms with Crippen molar-refractivity contribution in [1.29, 1.82) is 0 Å². The molecule has 22 heavy (non-hydrogen) atoms. The Balaban J connectivity index is 2.06. The minimum absolute atomic E-state index is 0.185. The van der Waals surface area contributed by atoms with Crippen LogP contribution in [0.15, 0.2) is 12.1 Å². The Morgan fingerprint density at radius 2 is 2.09 bits per heavy atom. The van der Waals surface area contributed by atoms with E-state index in [-0.39, 0.29) is 5.91 Å². The van der Waals surface area contributed by atoms with Gasteiger partial charge in [-0.05, 0) is 38.0 Å². The highest BCUT2D eigenvalue weighted by molar-refractivity contribution is 6.09. The fourth-order valence-electron chi connectivity index (χ4n) is 3.22. The Bertz CT molecular complexity index is 717. The lowest BCUT2D eigenvalue weighted by atomic mass is 9.86. The number of fused-ring (bicyclic) bond motifs is 2. The maximum absolute atomic E-state index is 12.8. The van der Waals surface area contributed by atoms with Crippen LogP contribution >= 0.6 is 0 Å². The summed E-state index contributed by atoms with van der Waals surface area (Å²) in [5.41, 5.74) is 9.10. The number of amides is 1. The van der Waals surface area contributed by atoms with Crippen LogP contribution in [0.3, 0.4) is 0 Å². The van der Waals surface area contributed by atoms with Gasteiger partial charge in [0, 0.05) is 6.54 Å². The SMILES string of the molecule is CCCCCN1C(=O)C(C)(C)c2cc3[nH]c(CN)nc3cc21. The molecule has 0 unspecified atom stereocenters. The summed E-state index contributed by atoms with van der Waals surface area (Å²) in [5, 5.41) is 0. The molecule has 1 aromatic carbocycles. The molecule has 0 atom stereocenters. The van der Waals surface area contributed by atoms with E-state index in [0.717, 1.165) is 53.9 Å². The number of H-pyrrole nitrogens is 1. The number of nitrogens with two attached hydrogens (primary N) is 1. The average Bonchev–Trinajstić information content (AvgIpc) is 2.98. The van der Waals surface area contributed by atoms with Gasteiger partial charge in [0.05, 0.1) is 28.7 Å². The lowest BCUT2D eigenvalue weighted by Gasteiger charge is -2.20. The van der Waals surface area contributed by atoms with Crippen LogP contribution in [0.2, 0.25) is 0 Å². The van der Waals surface area contributed by atoms with Crippen LogP contribution < -0.4 is 10.6 Å². The number of hydrogen-bond donors (Lipinski definition) is 2. The normalized spacial score (nSPS) is 16.5.